The Morgan fingerprint density at radius 1 is 0.400 bits per heavy atom. The van der Waals surface area contributed by atoms with Crippen LogP contribution in [0.5, 0.6) is 0 Å². The highest BCUT2D eigenvalue weighted by atomic mass is 16.1. The van der Waals surface area contributed by atoms with Crippen molar-refractivity contribution in [3.05, 3.63) is 162 Å². The number of hydrogen-bond acceptors (Lipinski definition) is 3. The second-order valence-corrected chi connectivity index (χ2v) is 8.10. The van der Waals surface area contributed by atoms with Gasteiger partial charge in [-0.2, -0.15) is 0 Å². The Bertz CT molecular complexity index is 1370. The molecular weight excluding hydrogens is 430 g/mol. The van der Waals surface area contributed by atoms with Gasteiger partial charge in [-0.1, -0.05) is 103 Å². The molecule has 3 nitrogen and oxygen atoms in total. The standard InChI is InChI=1S/C32H23NO2/c34-31(24-14-4-1-5-15-24)27-20-10-12-22-29(27)33(26-18-8-3-9-19-26)30-23-13-11-21-28(30)32(35)25-16-6-2-7-17-25/h1-23H. The van der Waals surface area contributed by atoms with E-state index in [9.17, 15) is 9.59 Å². The third-order valence-corrected chi connectivity index (χ3v) is 5.87. The molecule has 5 aromatic rings. The lowest BCUT2D eigenvalue weighted by Gasteiger charge is -2.29. The topological polar surface area (TPSA) is 37.4 Å². The number of carbonyl (C=O) groups excluding carboxylic acids is 2. The van der Waals surface area contributed by atoms with Crippen molar-refractivity contribution >= 4 is 28.6 Å². The molecule has 0 atom stereocenters. The summed E-state index contributed by atoms with van der Waals surface area (Å²) in [5, 5.41) is 0. The van der Waals surface area contributed by atoms with Gasteiger partial charge in [-0.25, -0.2) is 0 Å². The molecule has 0 spiro atoms. The monoisotopic (exact) mass is 453 g/mol. The first-order valence-electron chi connectivity index (χ1n) is 11.5. The smallest absolute Gasteiger partial charge is 0.195 e. The van der Waals surface area contributed by atoms with Crippen molar-refractivity contribution in [1.82, 2.24) is 0 Å². The van der Waals surface area contributed by atoms with E-state index in [4.69, 9.17) is 0 Å². The number of rotatable bonds is 7. The maximum atomic E-state index is 13.6. The molecule has 0 unspecified atom stereocenters. The van der Waals surface area contributed by atoms with Gasteiger partial charge in [0.1, 0.15) is 0 Å². The summed E-state index contributed by atoms with van der Waals surface area (Å²) in [7, 11) is 0. The predicted octanol–water partition coefficient (Wildman–Crippen LogP) is 7.62. The lowest BCUT2D eigenvalue weighted by Crippen LogP contribution is -2.18. The Hall–Kier alpha value is -4.76. The van der Waals surface area contributed by atoms with Gasteiger partial charge >= 0.3 is 0 Å². The fraction of sp³-hybridized carbons (Fsp3) is 0. The quantitative estimate of drug-likeness (QED) is 0.238. The van der Waals surface area contributed by atoms with Crippen LogP contribution in [0, 0.1) is 0 Å². The number of ketones is 2. The van der Waals surface area contributed by atoms with Crippen LogP contribution in [0.25, 0.3) is 0 Å². The van der Waals surface area contributed by atoms with Crippen molar-refractivity contribution in [2.75, 3.05) is 4.90 Å². The number of carbonyl (C=O) groups is 2. The van der Waals surface area contributed by atoms with E-state index < -0.39 is 0 Å². The highest BCUT2D eigenvalue weighted by molar-refractivity contribution is 6.16. The first-order chi connectivity index (χ1) is 17.2. The molecular formula is C32H23NO2. The van der Waals surface area contributed by atoms with Crippen LogP contribution in [0.2, 0.25) is 0 Å². The Morgan fingerprint density at radius 3 is 1.17 bits per heavy atom. The van der Waals surface area contributed by atoms with Crippen LogP contribution in [-0.2, 0) is 0 Å². The average molecular weight is 454 g/mol. The Kier molecular flexibility index (Phi) is 6.31. The molecule has 0 amide bonds. The number of anilines is 3. The second-order valence-electron chi connectivity index (χ2n) is 8.10. The Labute approximate surface area is 204 Å². The van der Waals surface area contributed by atoms with E-state index in [-0.39, 0.29) is 11.6 Å². The van der Waals surface area contributed by atoms with E-state index in [0.717, 1.165) is 5.69 Å². The van der Waals surface area contributed by atoms with Gasteiger partial charge in [-0.3, -0.25) is 9.59 Å². The molecule has 0 saturated heterocycles. The van der Waals surface area contributed by atoms with Crippen molar-refractivity contribution in [3.63, 3.8) is 0 Å². The fourth-order valence-electron chi connectivity index (χ4n) is 4.20. The fourth-order valence-corrected chi connectivity index (χ4v) is 4.20. The molecule has 0 N–H and O–H groups in total. The number of nitrogens with zero attached hydrogens (tertiary/aromatic N) is 1. The Balaban J connectivity index is 1.71. The molecule has 35 heavy (non-hydrogen) atoms. The van der Waals surface area contributed by atoms with Crippen molar-refractivity contribution in [2.45, 2.75) is 0 Å². The lowest BCUT2D eigenvalue weighted by atomic mass is 9.97. The molecule has 0 fully saturated rings. The van der Waals surface area contributed by atoms with E-state index in [2.05, 4.69) is 0 Å². The van der Waals surface area contributed by atoms with Crippen LogP contribution >= 0.6 is 0 Å². The van der Waals surface area contributed by atoms with Crippen LogP contribution < -0.4 is 4.90 Å². The van der Waals surface area contributed by atoms with Gasteiger partial charge in [0.15, 0.2) is 11.6 Å². The molecule has 0 aliphatic heterocycles. The average Bonchev–Trinajstić information content (AvgIpc) is 2.94. The van der Waals surface area contributed by atoms with Crippen molar-refractivity contribution in [2.24, 2.45) is 0 Å². The minimum Gasteiger partial charge on any atom is -0.309 e. The molecule has 0 aliphatic carbocycles. The third-order valence-electron chi connectivity index (χ3n) is 5.87. The molecule has 0 heterocycles. The minimum atomic E-state index is -0.0750. The van der Waals surface area contributed by atoms with Crippen molar-refractivity contribution < 1.29 is 9.59 Å². The van der Waals surface area contributed by atoms with Gasteiger partial charge in [-0.15, -0.1) is 0 Å². The summed E-state index contributed by atoms with van der Waals surface area (Å²) in [4.78, 5) is 29.2. The molecule has 0 radical (unpaired) electrons. The molecule has 5 rings (SSSR count). The van der Waals surface area contributed by atoms with Crippen LogP contribution in [0.4, 0.5) is 17.1 Å². The zero-order valence-corrected chi connectivity index (χ0v) is 19.0. The van der Waals surface area contributed by atoms with Gasteiger partial charge in [0, 0.05) is 27.9 Å². The first-order valence-corrected chi connectivity index (χ1v) is 11.5. The van der Waals surface area contributed by atoms with Gasteiger partial charge in [0.25, 0.3) is 0 Å². The van der Waals surface area contributed by atoms with Crippen molar-refractivity contribution in [3.8, 4) is 0 Å². The zero-order valence-electron chi connectivity index (χ0n) is 19.0. The normalized spacial score (nSPS) is 10.5. The minimum absolute atomic E-state index is 0.0750. The Morgan fingerprint density at radius 2 is 0.743 bits per heavy atom. The van der Waals surface area contributed by atoms with E-state index in [1.807, 2.05) is 144 Å². The van der Waals surface area contributed by atoms with Gasteiger partial charge < -0.3 is 4.90 Å². The summed E-state index contributed by atoms with van der Waals surface area (Å²) in [5.41, 5.74) is 4.62. The predicted molar refractivity (Wildman–Crippen MR) is 141 cm³/mol. The summed E-state index contributed by atoms with van der Waals surface area (Å²) in [6.07, 6.45) is 0. The summed E-state index contributed by atoms with van der Waals surface area (Å²) in [5.74, 6) is -0.150. The van der Waals surface area contributed by atoms with E-state index in [1.165, 1.54) is 0 Å². The zero-order chi connectivity index (χ0) is 24.0. The molecule has 0 aliphatic rings. The van der Waals surface area contributed by atoms with E-state index in [0.29, 0.717) is 33.6 Å². The largest absolute Gasteiger partial charge is 0.309 e. The maximum absolute atomic E-state index is 13.6. The lowest BCUT2D eigenvalue weighted by molar-refractivity contribution is 0.103. The number of benzene rings is 5. The molecule has 5 aromatic carbocycles. The van der Waals surface area contributed by atoms with Crippen LogP contribution in [0.1, 0.15) is 31.8 Å². The van der Waals surface area contributed by atoms with Gasteiger partial charge in [0.05, 0.1) is 11.4 Å². The molecule has 0 saturated carbocycles. The van der Waals surface area contributed by atoms with E-state index in [1.54, 1.807) is 0 Å². The highest BCUT2D eigenvalue weighted by Crippen LogP contribution is 2.39. The van der Waals surface area contributed by atoms with Gasteiger partial charge in [-0.05, 0) is 36.4 Å². The van der Waals surface area contributed by atoms with Crippen molar-refractivity contribution in [1.29, 1.82) is 0 Å². The SMILES string of the molecule is O=C(c1ccccc1)c1ccccc1N(c1ccccc1)c1ccccc1C(=O)c1ccccc1. The van der Waals surface area contributed by atoms with Crippen LogP contribution in [0.3, 0.4) is 0 Å². The molecule has 168 valence electrons. The summed E-state index contributed by atoms with van der Waals surface area (Å²) < 4.78 is 0. The number of para-hydroxylation sites is 3. The summed E-state index contributed by atoms with van der Waals surface area (Å²) in [6, 6.07) is 43.4. The highest BCUT2D eigenvalue weighted by Gasteiger charge is 2.24. The van der Waals surface area contributed by atoms with Crippen LogP contribution in [0.15, 0.2) is 140 Å². The molecule has 0 aromatic heterocycles. The summed E-state index contributed by atoms with van der Waals surface area (Å²) in [6.45, 7) is 0. The number of hydrogen-bond donors (Lipinski definition) is 0. The first kappa shape index (κ1) is 22.1. The molecule has 3 heteroatoms. The maximum Gasteiger partial charge on any atom is 0.195 e. The van der Waals surface area contributed by atoms with Gasteiger partial charge in [0.2, 0.25) is 0 Å². The van der Waals surface area contributed by atoms with E-state index >= 15 is 0 Å². The third kappa shape index (κ3) is 4.53. The molecule has 0 bridgehead atoms. The summed E-state index contributed by atoms with van der Waals surface area (Å²) >= 11 is 0. The second kappa shape index (κ2) is 10.0. The van der Waals surface area contributed by atoms with Crippen LogP contribution in [-0.4, -0.2) is 11.6 Å².